The molecular weight excluding hydrogens is 284 g/mol. The Morgan fingerprint density at radius 3 is 2.94 bits per heavy atom. The number of ether oxygens (including phenoxy) is 1. The van der Waals surface area contributed by atoms with Crippen LogP contribution in [0.4, 0.5) is 0 Å². The predicted molar refractivity (Wildman–Crippen MR) is 71.1 cm³/mol. The van der Waals surface area contributed by atoms with Gasteiger partial charge < -0.3 is 15.0 Å². The average molecular weight is 303 g/mol. The zero-order valence-electron chi connectivity index (χ0n) is 10.3. The van der Waals surface area contributed by atoms with Crippen molar-refractivity contribution >= 4 is 21.8 Å². The molecule has 0 spiro atoms. The van der Waals surface area contributed by atoms with Crippen molar-refractivity contribution in [2.45, 2.75) is 20.3 Å². The molecule has 0 aliphatic rings. The molecule has 0 aromatic carbocycles. The topological polar surface area (TPSA) is 54.1 Å². The lowest BCUT2D eigenvalue weighted by Crippen LogP contribution is -2.25. The highest BCUT2D eigenvalue weighted by Gasteiger charge is 2.06. The summed E-state index contributed by atoms with van der Waals surface area (Å²) in [7, 11) is 0. The van der Waals surface area contributed by atoms with Crippen LogP contribution in [0.2, 0.25) is 0 Å². The van der Waals surface area contributed by atoms with Gasteiger partial charge in [-0.25, -0.2) is 0 Å². The van der Waals surface area contributed by atoms with Gasteiger partial charge in [0.25, 0.3) is 5.91 Å². The molecule has 4 nitrogen and oxygen atoms in total. The van der Waals surface area contributed by atoms with Crippen LogP contribution in [0.15, 0.2) is 16.7 Å². The molecule has 17 heavy (non-hydrogen) atoms. The van der Waals surface area contributed by atoms with Crippen LogP contribution in [-0.2, 0) is 4.74 Å². The van der Waals surface area contributed by atoms with Gasteiger partial charge in [0.15, 0.2) is 0 Å². The number of aromatic nitrogens is 1. The number of rotatable bonds is 7. The highest BCUT2D eigenvalue weighted by Crippen LogP contribution is 2.10. The second-order valence-electron chi connectivity index (χ2n) is 4.31. The lowest BCUT2D eigenvalue weighted by atomic mass is 10.2. The summed E-state index contributed by atoms with van der Waals surface area (Å²) >= 11 is 3.29. The number of hydrogen-bond donors (Lipinski definition) is 2. The van der Waals surface area contributed by atoms with Crippen LogP contribution in [0, 0.1) is 5.92 Å². The molecule has 0 fully saturated rings. The van der Waals surface area contributed by atoms with E-state index in [1.165, 1.54) is 0 Å². The number of carbonyl (C=O) groups is 1. The van der Waals surface area contributed by atoms with Crippen molar-refractivity contribution < 1.29 is 9.53 Å². The molecule has 0 aliphatic heterocycles. The van der Waals surface area contributed by atoms with E-state index in [9.17, 15) is 4.79 Å². The van der Waals surface area contributed by atoms with Gasteiger partial charge in [0, 0.05) is 30.4 Å². The first-order valence-corrected chi connectivity index (χ1v) is 6.58. The van der Waals surface area contributed by atoms with E-state index in [1.54, 1.807) is 12.3 Å². The monoisotopic (exact) mass is 302 g/mol. The van der Waals surface area contributed by atoms with Crippen LogP contribution < -0.4 is 5.32 Å². The zero-order valence-corrected chi connectivity index (χ0v) is 11.8. The maximum absolute atomic E-state index is 11.6. The van der Waals surface area contributed by atoms with Gasteiger partial charge in [0.1, 0.15) is 5.69 Å². The summed E-state index contributed by atoms with van der Waals surface area (Å²) in [5.74, 6) is 0.473. The molecule has 0 unspecified atom stereocenters. The number of H-pyrrole nitrogens is 1. The molecule has 1 aromatic rings. The third-order valence-electron chi connectivity index (χ3n) is 2.09. The van der Waals surface area contributed by atoms with Crippen molar-refractivity contribution in [3.05, 3.63) is 22.4 Å². The summed E-state index contributed by atoms with van der Waals surface area (Å²) in [5, 5.41) is 2.83. The van der Waals surface area contributed by atoms with E-state index < -0.39 is 0 Å². The number of nitrogens with one attached hydrogen (secondary N) is 2. The molecule has 5 heteroatoms. The molecule has 2 N–H and O–H groups in total. The standard InChI is InChI=1S/C12H19BrN2O2/c1-9(2)8-17-5-3-4-14-12(16)11-6-10(13)7-15-11/h6-7,9,15H,3-5,8H2,1-2H3,(H,14,16). The molecule has 0 atom stereocenters. The summed E-state index contributed by atoms with van der Waals surface area (Å²) in [4.78, 5) is 14.5. The lowest BCUT2D eigenvalue weighted by molar-refractivity contribution is 0.0921. The molecule has 1 amide bonds. The van der Waals surface area contributed by atoms with Crippen LogP contribution >= 0.6 is 15.9 Å². The highest BCUT2D eigenvalue weighted by molar-refractivity contribution is 9.10. The number of halogens is 1. The SMILES string of the molecule is CC(C)COCCCNC(=O)c1cc(Br)c[nH]1. The van der Waals surface area contributed by atoms with Gasteiger partial charge in [-0.1, -0.05) is 13.8 Å². The number of aromatic amines is 1. The fraction of sp³-hybridized carbons (Fsp3) is 0.583. The van der Waals surface area contributed by atoms with Gasteiger partial charge in [0.2, 0.25) is 0 Å². The Morgan fingerprint density at radius 2 is 2.35 bits per heavy atom. The van der Waals surface area contributed by atoms with Crippen LogP contribution in [0.3, 0.4) is 0 Å². The van der Waals surface area contributed by atoms with Gasteiger partial charge in [-0.15, -0.1) is 0 Å². The second kappa shape index (κ2) is 7.50. The van der Waals surface area contributed by atoms with Gasteiger partial charge in [-0.2, -0.15) is 0 Å². The molecule has 0 radical (unpaired) electrons. The first-order valence-electron chi connectivity index (χ1n) is 5.79. The first kappa shape index (κ1) is 14.3. The van der Waals surface area contributed by atoms with Crippen LogP contribution in [0.1, 0.15) is 30.8 Å². The highest BCUT2D eigenvalue weighted by atomic mass is 79.9. The summed E-state index contributed by atoms with van der Waals surface area (Å²) in [6.45, 7) is 6.33. The molecule has 1 heterocycles. The summed E-state index contributed by atoms with van der Waals surface area (Å²) < 4.78 is 6.30. The van der Waals surface area contributed by atoms with Crippen molar-refractivity contribution in [1.29, 1.82) is 0 Å². The Kier molecular flexibility index (Phi) is 6.29. The van der Waals surface area contributed by atoms with E-state index in [-0.39, 0.29) is 5.91 Å². The van der Waals surface area contributed by atoms with Crippen LogP contribution in [-0.4, -0.2) is 30.6 Å². The fourth-order valence-corrected chi connectivity index (χ4v) is 1.63. The zero-order chi connectivity index (χ0) is 12.7. The molecule has 1 aromatic heterocycles. The maximum Gasteiger partial charge on any atom is 0.267 e. The van der Waals surface area contributed by atoms with Gasteiger partial charge in [-0.3, -0.25) is 4.79 Å². The minimum atomic E-state index is -0.0837. The quantitative estimate of drug-likeness (QED) is 0.761. The maximum atomic E-state index is 11.6. The first-order chi connectivity index (χ1) is 8.09. The Morgan fingerprint density at radius 1 is 1.59 bits per heavy atom. The largest absolute Gasteiger partial charge is 0.381 e. The Balaban J connectivity index is 2.09. The summed E-state index contributed by atoms with van der Waals surface area (Å²) in [6.07, 6.45) is 2.57. The van der Waals surface area contributed by atoms with E-state index >= 15 is 0 Å². The van der Waals surface area contributed by atoms with Crippen molar-refractivity contribution in [3.8, 4) is 0 Å². The summed E-state index contributed by atoms with van der Waals surface area (Å²) in [5.41, 5.74) is 0.569. The molecule has 0 saturated carbocycles. The smallest absolute Gasteiger partial charge is 0.267 e. The number of carbonyl (C=O) groups excluding carboxylic acids is 1. The molecule has 0 aliphatic carbocycles. The van der Waals surface area contributed by atoms with Crippen molar-refractivity contribution in [2.24, 2.45) is 5.92 Å². The second-order valence-corrected chi connectivity index (χ2v) is 5.23. The van der Waals surface area contributed by atoms with Crippen molar-refractivity contribution in [3.63, 3.8) is 0 Å². The lowest BCUT2D eigenvalue weighted by Gasteiger charge is -2.07. The van der Waals surface area contributed by atoms with Crippen molar-refractivity contribution in [2.75, 3.05) is 19.8 Å². The molecule has 0 bridgehead atoms. The molecular formula is C12H19BrN2O2. The molecule has 0 saturated heterocycles. The third kappa shape index (κ3) is 5.89. The average Bonchev–Trinajstić information content (AvgIpc) is 2.69. The third-order valence-corrected chi connectivity index (χ3v) is 2.55. The Labute approximate surface area is 110 Å². The van der Waals surface area contributed by atoms with E-state index in [0.29, 0.717) is 24.8 Å². The predicted octanol–water partition coefficient (Wildman–Crippen LogP) is 2.57. The Hall–Kier alpha value is -0.810. The summed E-state index contributed by atoms with van der Waals surface area (Å²) in [6, 6.07) is 1.75. The number of amides is 1. The van der Waals surface area contributed by atoms with Gasteiger partial charge in [-0.05, 0) is 34.3 Å². The fourth-order valence-electron chi connectivity index (χ4n) is 1.29. The number of hydrogen-bond acceptors (Lipinski definition) is 2. The van der Waals surface area contributed by atoms with Crippen molar-refractivity contribution in [1.82, 2.24) is 10.3 Å². The van der Waals surface area contributed by atoms with Gasteiger partial charge in [0.05, 0.1) is 0 Å². The molecule has 96 valence electrons. The van der Waals surface area contributed by atoms with E-state index in [0.717, 1.165) is 17.5 Å². The Bertz CT molecular complexity index is 350. The molecule has 1 rings (SSSR count). The van der Waals surface area contributed by atoms with Crippen LogP contribution in [0.5, 0.6) is 0 Å². The van der Waals surface area contributed by atoms with Crippen LogP contribution in [0.25, 0.3) is 0 Å². The minimum Gasteiger partial charge on any atom is -0.381 e. The van der Waals surface area contributed by atoms with Gasteiger partial charge >= 0.3 is 0 Å². The van der Waals surface area contributed by atoms with E-state index in [4.69, 9.17) is 4.74 Å². The van der Waals surface area contributed by atoms with E-state index in [1.807, 2.05) is 0 Å². The van der Waals surface area contributed by atoms with E-state index in [2.05, 4.69) is 40.1 Å². The normalized spacial score (nSPS) is 10.8. The minimum absolute atomic E-state index is 0.0837.